The highest BCUT2D eigenvalue weighted by Crippen LogP contribution is 2.03. The van der Waals surface area contributed by atoms with Crippen molar-refractivity contribution in [1.82, 2.24) is 4.72 Å². The first-order valence-electron chi connectivity index (χ1n) is 4.32. The van der Waals surface area contributed by atoms with Gasteiger partial charge in [-0.05, 0) is 19.3 Å². The van der Waals surface area contributed by atoms with E-state index in [1.54, 1.807) is 6.92 Å². The number of nitrogens with one attached hydrogen (secondary N) is 1. The van der Waals surface area contributed by atoms with Crippen LogP contribution in [0.2, 0.25) is 0 Å². The van der Waals surface area contributed by atoms with Gasteiger partial charge < -0.3 is 0 Å². The van der Waals surface area contributed by atoms with Crippen molar-refractivity contribution in [3.05, 3.63) is 6.42 Å². The van der Waals surface area contributed by atoms with E-state index >= 15 is 0 Å². The van der Waals surface area contributed by atoms with Gasteiger partial charge in [0.2, 0.25) is 10.0 Å². The molecule has 4 heteroatoms. The van der Waals surface area contributed by atoms with Crippen molar-refractivity contribution in [2.24, 2.45) is 5.92 Å². The average Bonchev–Trinajstić information content (AvgIpc) is 2.04. The molecule has 0 saturated heterocycles. The van der Waals surface area contributed by atoms with Crippen LogP contribution in [0.1, 0.15) is 27.2 Å². The van der Waals surface area contributed by atoms with E-state index in [4.69, 9.17) is 0 Å². The smallest absolute Gasteiger partial charge is 0.211 e. The molecule has 0 bridgehead atoms. The molecule has 0 aromatic rings. The minimum atomic E-state index is -3.00. The SMILES string of the molecule is CCC(C)[CH]CNS(=O)(=O)CC. The van der Waals surface area contributed by atoms with Crippen molar-refractivity contribution in [2.45, 2.75) is 27.2 Å². The molecule has 0 aliphatic heterocycles. The molecule has 0 aliphatic rings. The third-order valence-corrected chi connectivity index (χ3v) is 3.21. The molecule has 1 unspecified atom stereocenters. The quantitative estimate of drug-likeness (QED) is 0.687. The molecule has 0 rings (SSSR count). The lowest BCUT2D eigenvalue weighted by molar-refractivity contribution is 0.576. The molecule has 3 nitrogen and oxygen atoms in total. The molecule has 0 spiro atoms. The van der Waals surface area contributed by atoms with Gasteiger partial charge in [0.25, 0.3) is 0 Å². The molecular formula is C8H18NO2S. The summed E-state index contributed by atoms with van der Waals surface area (Å²) in [5.74, 6) is 0.631. The maximum absolute atomic E-state index is 10.9. The summed E-state index contributed by atoms with van der Waals surface area (Å²) in [6, 6.07) is 0. The molecule has 0 fully saturated rings. The lowest BCUT2D eigenvalue weighted by Crippen LogP contribution is -2.27. The van der Waals surface area contributed by atoms with Gasteiger partial charge in [-0.15, -0.1) is 0 Å². The maximum atomic E-state index is 10.9. The van der Waals surface area contributed by atoms with Gasteiger partial charge in [0.05, 0.1) is 5.75 Å². The van der Waals surface area contributed by atoms with Crippen molar-refractivity contribution in [2.75, 3.05) is 12.3 Å². The van der Waals surface area contributed by atoms with E-state index in [1.807, 2.05) is 6.42 Å². The predicted octanol–water partition coefficient (Wildman–Crippen LogP) is 1.18. The van der Waals surface area contributed by atoms with Crippen molar-refractivity contribution >= 4 is 10.0 Å². The zero-order valence-electron chi connectivity index (χ0n) is 8.00. The third-order valence-electron chi connectivity index (χ3n) is 1.85. The van der Waals surface area contributed by atoms with Gasteiger partial charge in [0.1, 0.15) is 0 Å². The lowest BCUT2D eigenvalue weighted by atomic mass is 10.1. The molecule has 0 saturated carbocycles. The molecule has 12 heavy (non-hydrogen) atoms. The summed E-state index contributed by atoms with van der Waals surface area (Å²) in [6.07, 6.45) is 3.03. The summed E-state index contributed by atoms with van der Waals surface area (Å²) >= 11 is 0. The standard InChI is InChI=1S/C8H18NO2S/c1-4-8(3)6-7-9-12(10,11)5-2/h6,8-9H,4-5,7H2,1-3H3. The van der Waals surface area contributed by atoms with Crippen molar-refractivity contribution in [1.29, 1.82) is 0 Å². The van der Waals surface area contributed by atoms with Crippen molar-refractivity contribution < 1.29 is 8.42 Å². The first-order valence-corrected chi connectivity index (χ1v) is 5.97. The van der Waals surface area contributed by atoms with E-state index in [9.17, 15) is 8.42 Å². The highest BCUT2D eigenvalue weighted by atomic mass is 32.2. The molecule has 73 valence electrons. The van der Waals surface area contributed by atoms with E-state index in [2.05, 4.69) is 18.6 Å². The molecule has 0 amide bonds. The van der Waals surface area contributed by atoms with E-state index in [0.29, 0.717) is 12.5 Å². The van der Waals surface area contributed by atoms with Crippen molar-refractivity contribution in [3.63, 3.8) is 0 Å². The van der Waals surface area contributed by atoms with Gasteiger partial charge in [-0.25, -0.2) is 13.1 Å². The van der Waals surface area contributed by atoms with Crippen LogP contribution >= 0.6 is 0 Å². The van der Waals surface area contributed by atoms with E-state index < -0.39 is 10.0 Å². The highest BCUT2D eigenvalue weighted by molar-refractivity contribution is 7.89. The van der Waals surface area contributed by atoms with Crippen LogP contribution < -0.4 is 4.72 Å². The summed E-state index contributed by atoms with van der Waals surface area (Å²) in [4.78, 5) is 0. The first kappa shape index (κ1) is 11.9. The minimum absolute atomic E-state index is 0.154. The molecular weight excluding hydrogens is 174 g/mol. The molecule has 0 heterocycles. The molecule has 1 atom stereocenters. The second kappa shape index (κ2) is 5.54. The van der Waals surface area contributed by atoms with Crippen LogP contribution in [0.4, 0.5) is 0 Å². The van der Waals surface area contributed by atoms with Crippen LogP contribution in [0.15, 0.2) is 0 Å². The van der Waals surface area contributed by atoms with Gasteiger partial charge in [-0.1, -0.05) is 20.3 Å². The molecule has 0 aromatic carbocycles. The fourth-order valence-electron chi connectivity index (χ4n) is 0.645. The monoisotopic (exact) mass is 192 g/mol. The highest BCUT2D eigenvalue weighted by Gasteiger charge is 2.06. The fourth-order valence-corrected chi connectivity index (χ4v) is 1.20. The van der Waals surface area contributed by atoms with Crippen LogP contribution in [0.3, 0.4) is 0 Å². The Morgan fingerprint density at radius 1 is 1.42 bits per heavy atom. The Morgan fingerprint density at radius 2 is 2.00 bits per heavy atom. The summed E-state index contributed by atoms with van der Waals surface area (Å²) in [6.45, 7) is 6.23. The number of sulfonamides is 1. The number of hydrogen-bond acceptors (Lipinski definition) is 2. The second-order valence-electron chi connectivity index (χ2n) is 2.87. The van der Waals surface area contributed by atoms with Crippen LogP contribution in [-0.2, 0) is 10.0 Å². The Bertz CT molecular complexity index is 199. The van der Waals surface area contributed by atoms with Gasteiger partial charge in [-0.3, -0.25) is 0 Å². The average molecular weight is 192 g/mol. The zero-order chi connectivity index (χ0) is 9.61. The largest absolute Gasteiger partial charge is 0.215 e. The van der Waals surface area contributed by atoms with Crippen LogP contribution in [0.25, 0.3) is 0 Å². The van der Waals surface area contributed by atoms with Gasteiger partial charge in [0, 0.05) is 6.54 Å². The topological polar surface area (TPSA) is 46.2 Å². The minimum Gasteiger partial charge on any atom is -0.215 e. The van der Waals surface area contributed by atoms with Crippen LogP contribution in [-0.4, -0.2) is 20.7 Å². The van der Waals surface area contributed by atoms with Crippen LogP contribution in [0.5, 0.6) is 0 Å². The lowest BCUT2D eigenvalue weighted by Gasteiger charge is -2.08. The van der Waals surface area contributed by atoms with E-state index in [0.717, 1.165) is 6.42 Å². The summed E-state index contributed by atoms with van der Waals surface area (Å²) in [7, 11) is -3.00. The normalized spacial score (nSPS) is 14.6. The second-order valence-corrected chi connectivity index (χ2v) is 4.97. The van der Waals surface area contributed by atoms with E-state index in [1.165, 1.54) is 0 Å². The summed E-state index contributed by atoms with van der Waals surface area (Å²) in [5, 5.41) is 0. The predicted molar refractivity (Wildman–Crippen MR) is 51.2 cm³/mol. The molecule has 1 radical (unpaired) electrons. The zero-order valence-corrected chi connectivity index (χ0v) is 8.82. The number of rotatable bonds is 6. The number of hydrogen-bond donors (Lipinski definition) is 1. The van der Waals surface area contributed by atoms with Crippen molar-refractivity contribution in [3.8, 4) is 0 Å². The van der Waals surface area contributed by atoms with Gasteiger partial charge in [-0.2, -0.15) is 0 Å². The van der Waals surface area contributed by atoms with Gasteiger partial charge >= 0.3 is 0 Å². The molecule has 1 N–H and O–H groups in total. The Hall–Kier alpha value is -0.0900. The van der Waals surface area contributed by atoms with Gasteiger partial charge in [0.15, 0.2) is 0 Å². The Morgan fingerprint density at radius 3 is 2.42 bits per heavy atom. The Kier molecular flexibility index (Phi) is 5.50. The Balaban J connectivity index is 3.57. The summed E-state index contributed by atoms with van der Waals surface area (Å²) < 4.78 is 24.4. The molecule has 0 aromatic heterocycles. The Labute approximate surface area is 75.6 Å². The fraction of sp³-hybridized carbons (Fsp3) is 0.875. The van der Waals surface area contributed by atoms with Crippen LogP contribution in [0, 0.1) is 12.3 Å². The third kappa shape index (κ3) is 5.55. The van der Waals surface area contributed by atoms with E-state index in [-0.39, 0.29) is 5.75 Å². The summed E-state index contributed by atoms with van der Waals surface area (Å²) in [5.41, 5.74) is 0. The maximum Gasteiger partial charge on any atom is 0.211 e. The molecule has 0 aliphatic carbocycles. The first-order chi connectivity index (χ1) is 5.52.